The van der Waals surface area contributed by atoms with Crippen LogP contribution in [0.5, 0.6) is 0 Å². The maximum atomic E-state index is 12.0. The summed E-state index contributed by atoms with van der Waals surface area (Å²) in [7, 11) is 1.65. The van der Waals surface area contributed by atoms with Gasteiger partial charge >= 0.3 is 0 Å². The number of amides is 1. The topological polar surface area (TPSA) is 77.1 Å². The van der Waals surface area contributed by atoms with Gasteiger partial charge in [0.1, 0.15) is 6.26 Å². The monoisotopic (exact) mass is 273 g/mol. The number of carbonyl (C=O) groups excluding carboxylic acids is 1. The smallest absolute Gasteiger partial charge is 0.266 e. The fourth-order valence-corrected chi connectivity index (χ4v) is 2.47. The number of aryl methyl sites for hydroxylation is 2. The highest BCUT2D eigenvalue weighted by Gasteiger charge is 2.22. The summed E-state index contributed by atoms with van der Waals surface area (Å²) in [6, 6.07) is 3.26. The molecule has 20 heavy (non-hydrogen) atoms. The average molecular weight is 273 g/mol. The van der Waals surface area contributed by atoms with Gasteiger partial charge in [-0.15, -0.1) is 0 Å². The fourth-order valence-electron chi connectivity index (χ4n) is 2.47. The molecule has 2 aromatic rings. The van der Waals surface area contributed by atoms with E-state index < -0.39 is 0 Å². The Bertz CT molecular complexity index is 688. The zero-order chi connectivity index (χ0) is 14.1. The van der Waals surface area contributed by atoms with Crippen LogP contribution >= 0.6 is 0 Å². The number of carbonyl (C=O) groups is 1. The van der Waals surface area contributed by atoms with Gasteiger partial charge in [0, 0.05) is 19.2 Å². The lowest BCUT2D eigenvalue weighted by molar-refractivity contribution is 0.0933. The van der Waals surface area contributed by atoms with Gasteiger partial charge in [-0.25, -0.2) is 4.68 Å². The van der Waals surface area contributed by atoms with Gasteiger partial charge in [0.2, 0.25) is 0 Å². The highest BCUT2D eigenvalue weighted by molar-refractivity contribution is 5.93. The number of hydrogen-bond acceptors (Lipinski definition) is 4. The van der Waals surface area contributed by atoms with Crippen LogP contribution in [0.25, 0.3) is 0 Å². The zero-order valence-corrected chi connectivity index (χ0v) is 11.1. The van der Waals surface area contributed by atoms with Crippen LogP contribution in [-0.4, -0.2) is 21.7 Å². The molecule has 1 aliphatic carbocycles. The van der Waals surface area contributed by atoms with Crippen molar-refractivity contribution in [1.82, 2.24) is 15.1 Å². The van der Waals surface area contributed by atoms with Crippen molar-refractivity contribution in [2.75, 3.05) is 0 Å². The molecule has 0 radical (unpaired) electrons. The number of furan rings is 1. The van der Waals surface area contributed by atoms with Crippen molar-refractivity contribution in [3.63, 3.8) is 0 Å². The second-order valence-corrected chi connectivity index (χ2v) is 5.00. The van der Waals surface area contributed by atoms with Gasteiger partial charge in [0.25, 0.3) is 11.5 Å². The largest absolute Gasteiger partial charge is 0.472 e. The predicted octanol–water partition coefficient (Wildman–Crippen LogP) is 0.661. The van der Waals surface area contributed by atoms with Crippen LogP contribution in [0.15, 0.2) is 33.9 Å². The van der Waals surface area contributed by atoms with Gasteiger partial charge in [0.15, 0.2) is 0 Å². The Balaban J connectivity index is 1.74. The lowest BCUT2D eigenvalue weighted by Crippen LogP contribution is -2.40. The Morgan fingerprint density at radius 2 is 2.40 bits per heavy atom. The van der Waals surface area contributed by atoms with E-state index in [0.29, 0.717) is 12.0 Å². The summed E-state index contributed by atoms with van der Waals surface area (Å²) in [5, 5.41) is 7.21. The summed E-state index contributed by atoms with van der Waals surface area (Å²) in [6.07, 6.45) is 5.12. The molecule has 0 aliphatic heterocycles. The molecule has 3 rings (SSSR count). The molecular formula is C14H15N3O3. The van der Waals surface area contributed by atoms with Crippen molar-refractivity contribution in [3.8, 4) is 0 Å². The molecule has 0 aromatic carbocycles. The lowest BCUT2D eigenvalue weighted by Gasteiger charge is -2.24. The number of nitrogens with one attached hydrogen (secondary N) is 1. The van der Waals surface area contributed by atoms with Crippen molar-refractivity contribution < 1.29 is 9.21 Å². The first-order valence-electron chi connectivity index (χ1n) is 6.52. The molecular weight excluding hydrogens is 258 g/mol. The maximum Gasteiger partial charge on any atom is 0.266 e. The minimum atomic E-state index is -0.149. The van der Waals surface area contributed by atoms with Crippen LogP contribution in [0.2, 0.25) is 0 Å². The van der Waals surface area contributed by atoms with Crippen LogP contribution in [0, 0.1) is 0 Å². The van der Waals surface area contributed by atoms with Crippen molar-refractivity contribution >= 4 is 5.91 Å². The van der Waals surface area contributed by atoms with Gasteiger partial charge in [-0.1, -0.05) is 0 Å². The van der Waals surface area contributed by atoms with Crippen LogP contribution < -0.4 is 10.9 Å². The van der Waals surface area contributed by atoms with Crippen molar-refractivity contribution in [2.24, 2.45) is 7.05 Å². The molecule has 2 heterocycles. The zero-order valence-electron chi connectivity index (χ0n) is 11.1. The Hall–Kier alpha value is -2.37. The highest BCUT2D eigenvalue weighted by atomic mass is 16.3. The number of nitrogens with zero attached hydrogens (tertiary/aromatic N) is 2. The standard InChI is InChI=1S/C14H15N3O3/c1-17-13(18)7-10-6-11(2-3-12(10)16-17)15-14(19)9-4-5-20-8-9/h4-5,7-8,11H,2-3,6H2,1H3,(H,15,19)/t11-/m0/s1. The van der Waals surface area contributed by atoms with Crippen LogP contribution in [-0.2, 0) is 19.9 Å². The number of fused-ring (bicyclic) bond motifs is 1. The molecule has 1 atom stereocenters. The molecule has 0 bridgehead atoms. The Morgan fingerprint density at radius 1 is 1.55 bits per heavy atom. The second kappa shape index (κ2) is 4.96. The molecule has 104 valence electrons. The molecule has 1 aliphatic rings. The third-order valence-corrected chi connectivity index (χ3v) is 3.57. The quantitative estimate of drug-likeness (QED) is 0.872. The molecule has 0 fully saturated rings. The van der Waals surface area contributed by atoms with Crippen molar-refractivity contribution in [3.05, 3.63) is 51.8 Å². The molecule has 0 saturated carbocycles. The first kappa shape index (κ1) is 12.7. The molecule has 0 saturated heterocycles. The number of aromatic nitrogens is 2. The van der Waals surface area contributed by atoms with E-state index in [4.69, 9.17) is 4.42 Å². The van der Waals surface area contributed by atoms with Crippen molar-refractivity contribution in [2.45, 2.75) is 25.3 Å². The van der Waals surface area contributed by atoms with Gasteiger partial charge in [-0.3, -0.25) is 9.59 Å². The Labute approximate surface area is 115 Å². The van der Waals surface area contributed by atoms with Gasteiger partial charge in [-0.05, 0) is 30.9 Å². The number of hydrogen-bond donors (Lipinski definition) is 1. The third-order valence-electron chi connectivity index (χ3n) is 3.57. The van der Waals surface area contributed by atoms with Crippen LogP contribution in [0.4, 0.5) is 0 Å². The summed E-state index contributed by atoms with van der Waals surface area (Å²) < 4.78 is 6.25. The van der Waals surface area contributed by atoms with E-state index in [9.17, 15) is 9.59 Å². The fraction of sp³-hybridized carbons (Fsp3) is 0.357. The highest BCUT2D eigenvalue weighted by Crippen LogP contribution is 2.18. The molecule has 1 N–H and O–H groups in total. The first-order chi connectivity index (χ1) is 9.63. The molecule has 1 amide bonds. The van der Waals surface area contributed by atoms with E-state index in [-0.39, 0.29) is 17.5 Å². The van der Waals surface area contributed by atoms with Gasteiger partial charge in [-0.2, -0.15) is 5.10 Å². The second-order valence-electron chi connectivity index (χ2n) is 5.00. The van der Waals surface area contributed by atoms with E-state index in [1.807, 2.05) is 0 Å². The van der Waals surface area contributed by atoms with E-state index >= 15 is 0 Å². The summed E-state index contributed by atoms with van der Waals surface area (Å²) in [6.45, 7) is 0. The maximum absolute atomic E-state index is 12.0. The molecule has 0 spiro atoms. The van der Waals surface area contributed by atoms with E-state index in [1.165, 1.54) is 17.2 Å². The van der Waals surface area contributed by atoms with E-state index in [1.54, 1.807) is 19.2 Å². The van der Waals surface area contributed by atoms with E-state index in [0.717, 1.165) is 24.1 Å². The molecule has 0 unspecified atom stereocenters. The van der Waals surface area contributed by atoms with Gasteiger partial charge < -0.3 is 9.73 Å². The minimum Gasteiger partial charge on any atom is -0.472 e. The normalized spacial score (nSPS) is 17.6. The predicted molar refractivity (Wildman–Crippen MR) is 71.5 cm³/mol. The van der Waals surface area contributed by atoms with Crippen LogP contribution in [0.1, 0.15) is 28.0 Å². The SMILES string of the molecule is Cn1nc2c(cc1=O)C[C@@H](NC(=O)c1ccoc1)CC2. The van der Waals surface area contributed by atoms with E-state index in [2.05, 4.69) is 10.4 Å². The summed E-state index contributed by atoms with van der Waals surface area (Å²) in [5.74, 6) is -0.149. The molecule has 6 nitrogen and oxygen atoms in total. The number of rotatable bonds is 2. The average Bonchev–Trinajstić information content (AvgIpc) is 2.94. The minimum absolute atomic E-state index is 0.0267. The molecule has 2 aromatic heterocycles. The molecule has 6 heteroatoms. The van der Waals surface area contributed by atoms with Crippen molar-refractivity contribution in [1.29, 1.82) is 0 Å². The first-order valence-corrected chi connectivity index (χ1v) is 6.52. The third kappa shape index (κ3) is 2.36. The summed E-state index contributed by atoms with van der Waals surface area (Å²) in [5.41, 5.74) is 2.27. The van der Waals surface area contributed by atoms with Crippen LogP contribution in [0.3, 0.4) is 0 Å². The Morgan fingerprint density at radius 3 is 3.15 bits per heavy atom. The lowest BCUT2D eigenvalue weighted by atomic mass is 9.92. The Kier molecular flexibility index (Phi) is 3.14. The van der Waals surface area contributed by atoms with Gasteiger partial charge in [0.05, 0.1) is 17.5 Å². The summed E-state index contributed by atoms with van der Waals surface area (Å²) in [4.78, 5) is 23.6. The summed E-state index contributed by atoms with van der Waals surface area (Å²) >= 11 is 0.